The van der Waals surface area contributed by atoms with Gasteiger partial charge in [-0.15, -0.1) is 0 Å². The lowest BCUT2D eigenvalue weighted by Crippen LogP contribution is -2.29. The molecule has 0 bridgehead atoms. The Morgan fingerprint density at radius 2 is 2.35 bits per heavy atom. The molecule has 0 saturated carbocycles. The minimum atomic E-state index is 0.172. The molecule has 0 aliphatic heterocycles. The van der Waals surface area contributed by atoms with Gasteiger partial charge in [-0.1, -0.05) is 13.3 Å². The molecule has 0 aliphatic carbocycles. The van der Waals surface area contributed by atoms with E-state index in [-0.39, 0.29) is 6.04 Å². The van der Waals surface area contributed by atoms with Gasteiger partial charge in [0.05, 0.1) is 5.69 Å². The first-order valence-electron chi connectivity index (χ1n) is 6.01. The molecule has 2 heterocycles. The Labute approximate surface area is 101 Å². The Balaban J connectivity index is 2.12. The van der Waals surface area contributed by atoms with Crippen molar-refractivity contribution in [1.82, 2.24) is 14.6 Å². The first kappa shape index (κ1) is 11.9. The highest BCUT2D eigenvalue weighted by Crippen LogP contribution is 2.14. The summed E-state index contributed by atoms with van der Waals surface area (Å²) in [6.07, 6.45) is 5.72. The maximum absolute atomic E-state index is 5.97. The van der Waals surface area contributed by atoms with E-state index >= 15 is 0 Å². The van der Waals surface area contributed by atoms with E-state index in [0.29, 0.717) is 0 Å². The molecular weight excluding hydrogens is 214 g/mol. The van der Waals surface area contributed by atoms with E-state index in [1.54, 1.807) is 6.20 Å². The second-order valence-electron chi connectivity index (χ2n) is 4.32. The summed E-state index contributed by atoms with van der Waals surface area (Å²) in [5.41, 5.74) is 7.95. The van der Waals surface area contributed by atoms with Gasteiger partial charge in [0.1, 0.15) is 5.52 Å². The van der Waals surface area contributed by atoms with Crippen molar-refractivity contribution in [2.45, 2.75) is 32.7 Å². The molecule has 2 rings (SSSR count). The van der Waals surface area contributed by atoms with Crippen LogP contribution in [0.4, 0.5) is 5.82 Å². The second-order valence-corrected chi connectivity index (χ2v) is 4.32. The van der Waals surface area contributed by atoms with Crippen molar-refractivity contribution in [2.75, 3.05) is 11.9 Å². The lowest BCUT2D eigenvalue weighted by atomic mass is 10.2. The van der Waals surface area contributed by atoms with Gasteiger partial charge in [-0.3, -0.25) is 0 Å². The van der Waals surface area contributed by atoms with Gasteiger partial charge >= 0.3 is 0 Å². The minimum absolute atomic E-state index is 0.172. The highest BCUT2D eigenvalue weighted by Gasteiger charge is 2.06. The molecule has 5 nitrogen and oxygen atoms in total. The predicted octanol–water partition coefficient (Wildman–Crippen LogP) is 1.58. The third-order valence-electron chi connectivity index (χ3n) is 2.70. The fourth-order valence-electron chi connectivity index (χ4n) is 1.88. The summed E-state index contributed by atoms with van der Waals surface area (Å²) in [4.78, 5) is 4.32. The monoisotopic (exact) mass is 233 g/mol. The van der Waals surface area contributed by atoms with Crippen LogP contribution in [0.2, 0.25) is 0 Å². The molecule has 1 atom stereocenters. The van der Waals surface area contributed by atoms with Gasteiger partial charge in [-0.05, 0) is 19.4 Å². The van der Waals surface area contributed by atoms with Crippen LogP contribution in [0.15, 0.2) is 18.5 Å². The molecule has 2 aromatic heterocycles. The van der Waals surface area contributed by atoms with E-state index in [1.165, 1.54) is 0 Å². The fourth-order valence-corrected chi connectivity index (χ4v) is 1.88. The van der Waals surface area contributed by atoms with Gasteiger partial charge in [-0.25, -0.2) is 9.50 Å². The lowest BCUT2D eigenvalue weighted by Gasteiger charge is -2.12. The molecule has 2 aromatic rings. The number of aryl methyl sites for hydroxylation is 1. The molecule has 1 unspecified atom stereocenters. The minimum Gasteiger partial charge on any atom is -0.367 e. The summed E-state index contributed by atoms with van der Waals surface area (Å²) in [5.74, 6) is 0.847. The molecule has 92 valence electrons. The molecule has 0 fully saturated rings. The smallest absolute Gasteiger partial charge is 0.152 e. The van der Waals surface area contributed by atoms with Crippen molar-refractivity contribution in [1.29, 1.82) is 0 Å². The largest absolute Gasteiger partial charge is 0.367 e. The molecule has 0 aliphatic rings. The van der Waals surface area contributed by atoms with Gasteiger partial charge in [-0.2, -0.15) is 5.10 Å². The van der Waals surface area contributed by atoms with E-state index in [9.17, 15) is 0 Å². The van der Waals surface area contributed by atoms with Gasteiger partial charge in [0.25, 0.3) is 0 Å². The Kier molecular flexibility index (Phi) is 3.58. The average molecular weight is 233 g/mol. The molecule has 17 heavy (non-hydrogen) atoms. The molecule has 0 spiro atoms. The number of anilines is 1. The normalized spacial score (nSPS) is 12.9. The second kappa shape index (κ2) is 5.14. The van der Waals surface area contributed by atoms with Crippen molar-refractivity contribution in [3.05, 3.63) is 24.2 Å². The number of fused-ring (bicyclic) bond motifs is 1. The molecule has 0 amide bonds. The summed E-state index contributed by atoms with van der Waals surface area (Å²) < 4.78 is 1.83. The quantitative estimate of drug-likeness (QED) is 0.822. The third-order valence-corrected chi connectivity index (χ3v) is 2.70. The number of hydrogen-bond acceptors (Lipinski definition) is 4. The van der Waals surface area contributed by atoms with Gasteiger partial charge in [0.15, 0.2) is 5.82 Å². The Bertz CT molecular complexity index is 491. The maximum Gasteiger partial charge on any atom is 0.152 e. The summed E-state index contributed by atoms with van der Waals surface area (Å²) in [7, 11) is 0. The molecular formula is C12H19N5. The molecule has 0 saturated heterocycles. The van der Waals surface area contributed by atoms with Gasteiger partial charge < -0.3 is 11.1 Å². The molecule has 5 heteroatoms. The topological polar surface area (TPSA) is 68.2 Å². The third kappa shape index (κ3) is 2.74. The number of rotatable bonds is 5. The molecule has 0 aromatic carbocycles. The van der Waals surface area contributed by atoms with Crippen molar-refractivity contribution in [3.8, 4) is 0 Å². The number of nitrogens with two attached hydrogens (primary N) is 1. The average Bonchev–Trinajstić information content (AvgIpc) is 2.67. The highest BCUT2D eigenvalue weighted by atomic mass is 15.2. The zero-order chi connectivity index (χ0) is 12.3. The van der Waals surface area contributed by atoms with Crippen LogP contribution in [0, 0.1) is 6.92 Å². The zero-order valence-electron chi connectivity index (χ0n) is 10.3. The van der Waals surface area contributed by atoms with Crippen LogP contribution in [-0.2, 0) is 0 Å². The van der Waals surface area contributed by atoms with Crippen LogP contribution in [0.3, 0.4) is 0 Å². The molecule has 3 N–H and O–H groups in total. The van der Waals surface area contributed by atoms with Crippen molar-refractivity contribution < 1.29 is 0 Å². The van der Waals surface area contributed by atoms with E-state index < -0.39 is 0 Å². The van der Waals surface area contributed by atoms with E-state index in [4.69, 9.17) is 5.73 Å². The van der Waals surface area contributed by atoms with E-state index in [2.05, 4.69) is 22.3 Å². The Morgan fingerprint density at radius 1 is 1.53 bits per heavy atom. The number of hydrogen-bond donors (Lipinski definition) is 2. The maximum atomic E-state index is 5.97. The number of nitrogens with one attached hydrogen (secondary N) is 1. The van der Waals surface area contributed by atoms with Crippen molar-refractivity contribution >= 4 is 11.3 Å². The van der Waals surface area contributed by atoms with E-state index in [0.717, 1.165) is 36.4 Å². The SMILES string of the molecule is CCCC(N)CNc1nccn2nc(C)cc12. The predicted molar refractivity (Wildman–Crippen MR) is 69.1 cm³/mol. The molecule has 0 radical (unpaired) electrons. The van der Waals surface area contributed by atoms with Crippen LogP contribution in [0.5, 0.6) is 0 Å². The zero-order valence-corrected chi connectivity index (χ0v) is 10.3. The van der Waals surface area contributed by atoms with Crippen molar-refractivity contribution in [3.63, 3.8) is 0 Å². The van der Waals surface area contributed by atoms with Crippen LogP contribution in [0.1, 0.15) is 25.5 Å². The van der Waals surface area contributed by atoms with Crippen LogP contribution in [-0.4, -0.2) is 27.2 Å². The Hall–Kier alpha value is -1.62. The Morgan fingerprint density at radius 3 is 3.12 bits per heavy atom. The summed E-state index contributed by atoms with van der Waals surface area (Å²) >= 11 is 0. The van der Waals surface area contributed by atoms with Crippen LogP contribution in [0.25, 0.3) is 5.52 Å². The van der Waals surface area contributed by atoms with Crippen molar-refractivity contribution in [2.24, 2.45) is 5.73 Å². The standard InChI is InChI=1S/C12H19N5/c1-3-4-10(13)8-15-12-11-7-9(2)16-17(11)6-5-14-12/h5-7,10H,3-4,8,13H2,1-2H3,(H,14,15). The van der Waals surface area contributed by atoms with Gasteiger partial charge in [0.2, 0.25) is 0 Å². The highest BCUT2D eigenvalue weighted by molar-refractivity contribution is 5.67. The summed E-state index contributed by atoms with van der Waals surface area (Å²) in [6.45, 7) is 4.85. The summed E-state index contributed by atoms with van der Waals surface area (Å²) in [5, 5.41) is 7.63. The summed E-state index contributed by atoms with van der Waals surface area (Å²) in [6, 6.07) is 2.19. The first-order valence-corrected chi connectivity index (χ1v) is 6.01. The first-order chi connectivity index (χ1) is 8.20. The van der Waals surface area contributed by atoms with E-state index in [1.807, 2.05) is 23.7 Å². The fraction of sp³-hybridized carbons (Fsp3) is 0.500. The van der Waals surface area contributed by atoms with Gasteiger partial charge in [0, 0.05) is 25.0 Å². The van der Waals surface area contributed by atoms with Crippen LogP contribution < -0.4 is 11.1 Å². The number of aromatic nitrogens is 3. The lowest BCUT2D eigenvalue weighted by molar-refractivity contribution is 0.626. The van der Waals surface area contributed by atoms with Crippen LogP contribution >= 0.6 is 0 Å². The number of nitrogens with zero attached hydrogens (tertiary/aromatic N) is 3.